The van der Waals surface area contributed by atoms with Crippen LogP contribution in [0.1, 0.15) is 18.4 Å². The number of carbonyl (C=O) groups excluding carboxylic acids is 5. The lowest BCUT2D eigenvalue weighted by atomic mass is 9.91. The first-order chi connectivity index (χ1) is 14.0. The lowest BCUT2D eigenvalue weighted by Gasteiger charge is -2.33. The molecule has 0 saturated carbocycles. The minimum absolute atomic E-state index is 0.000836. The zero-order chi connectivity index (χ0) is 20.8. The van der Waals surface area contributed by atoms with Crippen LogP contribution in [0.4, 0.5) is 4.79 Å². The molecule has 2 heterocycles. The van der Waals surface area contributed by atoms with Gasteiger partial charge >= 0.3 is 6.09 Å². The van der Waals surface area contributed by atoms with Crippen LogP contribution in [-0.4, -0.2) is 54.8 Å². The summed E-state index contributed by atoms with van der Waals surface area (Å²) in [5.74, 6) is -3.40. The predicted molar refractivity (Wildman–Crippen MR) is 99.2 cm³/mol. The Morgan fingerprint density at radius 3 is 2.55 bits per heavy atom. The third-order valence-corrected chi connectivity index (χ3v) is 4.82. The van der Waals surface area contributed by atoms with Gasteiger partial charge in [-0.1, -0.05) is 30.3 Å². The molecule has 1 aromatic carbocycles. The van der Waals surface area contributed by atoms with E-state index in [0.717, 1.165) is 5.56 Å². The molecule has 0 aliphatic carbocycles. The molecule has 3 unspecified atom stereocenters. The van der Waals surface area contributed by atoms with Crippen LogP contribution in [-0.2, 0) is 30.5 Å². The SMILES string of the molecule is O=C(NC(C(=O)NC1CCCNC(=O)C1=O)C1CNC1=O)OCc1ccccc1. The van der Waals surface area contributed by atoms with Crippen molar-refractivity contribution in [1.29, 1.82) is 0 Å². The first-order valence-corrected chi connectivity index (χ1v) is 9.33. The number of amides is 4. The van der Waals surface area contributed by atoms with Crippen molar-refractivity contribution in [3.05, 3.63) is 35.9 Å². The van der Waals surface area contributed by atoms with Crippen molar-refractivity contribution in [2.24, 2.45) is 5.92 Å². The number of carbonyl (C=O) groups is 5. The van der Waals surface area contributed by atoms with E-state index < -0.39 is 47.6 Å². The summed E-state index contributed by atoms with van der Waals surface area (Å²) < 4.78 is 5.12. The molecular formula is C19H22N4O6. The molecule has 3 rings (SSSR count). The number of nitrogens with one attached hydrogen (secondary N) is 4. The maximum atomic E-state index is 12.7. The minimum atomic E-state index is -1.22. The largest absolute Gasteiger partial charge is 0.445 e. The average Bonchev–Trinajstić information content (AvgIpc) is 2.87. The van der Waals surface area contributed by atoms with Crippen LogP contribution in [0.5, 0.6) is 0 Å². The molecule has 0 spiro atoms. The van der Waals surface area contributed by atoms with Crippen molar-refractivity contribution in [3.8, 4) is 0 Å². The molecule has 0 radical (unpaired) electrons. The van der Waals surface area contributed by atoms with Crippen LogP contribution in [0.2, 0.25) is 0 Å². The molecule has 0 aromatic heterocycles. The van der Waals surface area contributed by atoms with Gasteiger partial charge in [-0.05, 0) is 18.4 Å². The van der Waals surface area contributed by atoms with Gasteiger partial charge in [-0.2, -0.15) is 0 Å². The summed E-state index contributed by atoms with van der Waals surface area (Å²) in [4.78, 5) is 60.4. The fraction of sp³-hybridized carbons (Fsp3) is 0.421. The van der Waals surface area contributed by atoms with Gasteiger partial charge in [0.15, 0.2) is 0 Å². The summed E-state index contributed by atoms with van der Waals surface area (Å²) in [5.41, 5.74) is 0.764. The van der Waals surface area contributed by atoms with Gasteiger partial charge in [0.2, 0.25) is 17.6 Å². The van der Waals surface area contributed by atoms with Gasteiger partial charge in [0.1, 0.15) is 12.6 Å². The van der Waals surface area contributed by atoms with Crippen LogP contribution < -0.4 is 21.3 Å². The lowest BCUT2D eigenvalue weighted by molar-refractivity contribution is -0.141. The van der Waals surface area contributed by atoms with E-state index in [1.807, 2.05) is 6.07 Å². The monoisotopic (exact) mass is 402 g/mol. The Kier molecular flexibility index (Phi) is 6.43. The Hall–Kier alpha value is -3.43. The molecule has 2 aliphatic heterocycles. The molecule has 154 valence electrons. The number of rotatable bonds is 6. The number of ether oxygens (including phenoxy) is 1. The van der Waals surface area contributed by atoms with Crippen molar-refractivity contribution in [1.82, 2.24) is 21.3 Å². The molecule has 3 atom stereocenters. The lowest BCUT2D eigenvalue weighted by Crippen LogP contribution is -2.64. The van der Waals surface area contributed by atoms with E-state index in [1.165, 1.54) is 0 Å². The quantitative estimate of drug-likeness (QED) is 0.355. The van der Waals surface area contributed by atoms with Crippen LogP contribution in [0.25, 0.3) is 0 Å². The summed E-state index contributed by atoms with van der Waals surface area (Å²) in [6, 6.07) is 6.76. The summed E-state index contributed by atoms with van der Waals surface area (Å²) in [6.45, 7) is 0.545. The molecule has 0 bridgehead atoms. The molecule has 4 amide bonds. The molecule has 10 heteroatoms. The van der Waals surface area contributed by atoms with Gasteiger partial charge in [-0.15, -0.1) is 0 Å². The maximum absolute atomic E-state index is 12.7. The second-order valence-corrected chi connectivity index (χ2v) is 6.86. The topological polar surface area (TPSA) is 143 Å². The molecular weight excluding hydrogens is 380 g/mol. The maximum Gasteiger partial charge on any atom is 0.408 e. The number of benzene rings is 1. The van der Waals surface area contributed by atoms with Gasteiger partial charge in [-0.3, -0.25) is 19.2 Å². The third kappa shape index (κ3) is 5.09. The van der Waals surface area contributed by atoms with Gasteiger partial charge in [0.05, 0.1) is 12.0 Å². The zero-order valence-electron chi connectivity index (χ0n) is 15.6. The molecule has 2 aliphatic rings. The van der Waals surface area contributed by atoms with Crippen molar-refractivity contribution in [3.63, 3.8) is 0 Å². The second-order valence-electron chi connectivity index (χ2n) is 6.86. The average molecular weight is 402 g/mol. The van der Waals surface area contributed by atoms with E-state index in [9.17, 15) is 24.0 Å². The highest BCUT2D eigenvalue weighted by Gasteiger charge is 2.42. The van der Waals surface area contributed by atoms with Crippen LogP contribution in [0, 0.1) is 5.92 Å². The fourth-order valence-electron chi connectivity index (χ4n) is 3.10. The van der Waals surface area contributed by atoms with Crippen molar-refractivity contribution in [2.45, 2.75) is 31.5 Å². The molecule has 1 aromatic rings. The summed E-state index contributed by atoms with van der Waals surface area (Å²) in [6.07, 6.45) is -0.0619. The Morgan fingerprint density at radius 2 is 1.90 bits per heavy atom. The number of alkyl carbamates (subject to hydrolysis) is 1. The molecule has 29 heavy (non-hydrogen) atoms. The Bertz CT molecular complexity index is 812. The van der Waals surface area contributed by atoms with E-state index in [4.69, 9.17) is 4.74 Å². The zero-order valence-corrected chi connectivity index (χ0v) is 15.6. The van der Waals surface area contributed by atoms with E-state index in [0.29, 0.717) is 13.0 Å². The normalized spacial score (nSPS) is 22.3. The van der Waals surface area contributed by atoms with Gasteiger partial charge in [-0.25, -0.2) is 4.79 Å². The van der Waals surface area contributed by atoms with E-state index >= 15 is 0 Å². The number of ketones is 1. The highest BCUT2D eigenvalue weighted by molar-refractivity contribution is 6.38. The van der Waals surface area contributed by atoms with Gasteiger partial charge in [0, 0.05) is 13.1 Å². The summed E-state index contributed by atoms with van der Waals surface area (Å²) in [7, 11) is 0. The molecule has 4 N–H and O–H groups in total. The predicted octanol–water partition coefficient (Wildman–Crippen LogP) is -1.01. The number of β-lactam (4-membered cyclic amide) rings is 1. The molecule has 2 saturated heterocycles. The Labute approximate surface area is 166 Å². The second kappa shape index (κ2) is 9.18. The highest BCUT2D eigenvalue weighted by Crippen LogP contribution is 2.13. The van der Waals surface area contributed by atoms with Gasteiger partial charge in [0.25, 0.3) is 5.91 Å². The van der Waals surface area contributed by atoms with Crippen molar-refractivity contribution in [2.75, 3.05) is 13.1 Å². The molecule has 10 nitrogen and oxygen atoms in total. The summed E-state index contributed by atoms with van der Waals surface area (Å²) >= 11 is 0. The minimum Gasteiger partial charge on any atom is -0.445 e. The molecule has 2 fully saturated rings. The van der Waals surface area contributed by atoms with E-state index in [1.54, 1.807) is 24.3 Å². The van der Waals surface area contributed by atoms with Crippen LogP contribution in [0.15, 0.2) is 30.3 Å². The standard InChI is InChI=1S/C19H22N4O6/c24-15-13(7-4-8-20-18(15)27)22-17(26)14(12-9-21-16(12)25)23-19(28)29-10-11-5-2-1-3-6-11/h1-3,5-6,12-14H,4,7-10H2,(H,20,27)(H,21,25)(H,22,26)(H,23,28). The van der Waals surface area contributed by atoms with E-state index in [-0.39, 0.29) is 19.6 Å². The third-order valence-electron chi connectivity index (χ3n) is 4.82. The van der Waals surface area contributed by atoms with Gasteiger partial charge < -0.3 is 26.0 Å². The van der Waals surface area contributed by atoms with Crippen molar-refractivity contribution < 1.29 is 28.7 Å². The highest BCUT2D eigenvalue weighted by atomic mass is 16.5. The fourth-order valence-corrected chi connectivity index (χ4v) is 3.10. The van der Waals surface area contributed by atoms with Crippen molar-refractivity contribution >= 4 is 29.6 Å². The number of Topliss-reactive ketones (excluding diaryl/α,β-unsaturated/α-hetero) is 1. The number of hydrogen-bond donors (Lipinski definition) is 4. The number of hydrogen-bond acceptors (Lipinski definition) is 6. The van der Waals surface area contributed by atoms with Crippen LogP contribution in [0.3, 0.4) is 0 Å². The summed E-state index contributed by atoms with van der Waals surface area (Å²) in [5, 5.41) is 9.86. The Balaban J connectivity index is 1.62. The van der Waals surface area contributed by atoms with Crippen LogP contribution >= 0.6 is 0 Å². The Morgan fingerprint density at radius 1 is 1.14 bits per heavy atom. The smallest absolute Gasteiger partial charge is 0.408 e. The first kappa shape index (κ1) is 20.3. The first-order valence-electron chi connectivity index (χ1n) is 9.33. The van der Waals surface area contributed by atoms with E-state index in [2.05, 4.69) is 21.3 Å².